The lowest BCUT2D eigenvalue weighted by Gasteiger charge is -2.23. The van der Waals surface area contributed by atoms with E-state index in [-0.39, 0.29) is 6.10 Å². The molecule has 9 heteroatoms. The van der Waals surface area contributed by atoms with Crippen LogP contribution in [0, 0.1) is 11.3 Å². The smallest absolute Gasteiger partial charge is 0.169 e. The Labute approximate surface area is 215 Å². The van der Waals surface area contributed by atoms with Crippen LogP contribution in [-0.2, 0) is 13.0 Å². The maximum absolute atomic E-state index is 9.13. The van der Waals surface area contributed by atoms with Gasteiger partial charge >= 0.3 is 0 Å². The SMILES string of the molecule is N#Cc1cccc(Cc2cnc(N)c(NCc3cccc(-c4ncc(OC5CCNCC5)cn4)c3)n2)c1. The number of nitrogens with zero attached hydrogens (tertiary/aromatic N) is 5. The van der Waals surface area contributed by atoms with Gasteiger partial charge in [0.1, 0.15) is 6.10 Å². The molecule has 0 saturated carbocycles. The summed E-state index contributed by atoms with van der Waals surface area (Å²) in [6.07, 6.45) is 7.89. The van der Waals surface area contributed by atoms with Crippen molar-refractivity contribution in [3.63, 3.8) is 0 Å². The molecule has 0 radical (unpaired) electrons. The molecular formula is C28H28N8O. The van der Waals surface area contributed by atoms with E-state index in [4.69, 9.17) is 15.7 Å². The summed E-state index contributed by atoms with van der Waals surface area (Å²) in [5.74, 6) is 2.19. The standard InChI is InChI=1S/C28H28N8O/c29-14-20-4-1-3-19(11-20)13-23-16-32-26(30)28(36-23)33-15-21-5-2-6-22(12-21)27-34-17-25(18-35-27)37-24-7-9-31-10-8-24/h1-6,11-12,16-18,24,31H,7-10,13,15H2,(H2,30,32)(H,33,36). The van der Waals surface area contributed by atoms with Gasteiger partial charge in [-0.25, -0.2) is 19.9 Å². The Balaban J connectivity index is 1.23. The normalized spacial score (nSPS) is 13.6. The third-order valence-electron chi connectivity index (χ3n) is 6.15. The highest BCUT2D eigenvalue weighted by Crippen LogP contribution is 2.21. The van der Waals surface area contributed by atoms with E-state index in [0.717, 1.165) is 48.3 Å². The van der Waals surface area contributed by atoms with Crippen molar-refractivity contribution < 1.29 is 4.74 Å². The molecule has 1 fully saturated rings. The molecule has 5 rings (SSSR count). The van der Waals surface area contributed by atoms with E-state index in [9.17, 15) is 0 Å². The topological polar surface area (TPSA) is 135 Å². The van der Waals surface area contributed by atoms with E-state index in [1.165, 1.54) is 0 Å². The second-order valence-corrected chi connectivity index (χ2v) is 8.95. The Morgan fingerprint density at radius 3 is 2.59 bits per heavy atom. The Kier molecular flexibility index (Phi) is 7.48. The van der Waals surface area contributed by atoms with Crippen molar-refractivity contribution in [1.82, 2.24) is 25.3 Å². The largest absolute Gasteiger partial charge is 0.487 e. The monoisotopic (exact) mass is 492 g/mol. The Morgan fingerprint density at radius 1 is 1.00 bits per heavy atom. The minimum Gasteiger partial charge on any atom is -0.487 e. The molecule has 186 valence electrons. The number of anilines is 2. The third kappa shape index (κ3) is 6.37. The lowest BCUT2D eigenvalue weighted by Crippen LogP contribution is -2.34. The molecule has 0 aliphatic carbocycles. The average Bonchev–Trinajstić information content (AvgIpc) is 2.94. The maximum atomic E-state index is 9.13. The number of nitriles is 1. The fraction of sp³-hybridized carbons (Fsp3) is 0.250. The second kappa shape index (κ2) is 11.5. The van der Waals surface area contributed by atoms with Crippen LogP contribution in [0.15, 0.2) is 67.1 Å². The molecule has 2 aromatic carbocycles. The molecule has 37 heavy (non-hydrogen) atoms. The molecule has 2 aromatic heterocycles. The van der Waals surface area contributed by atoms with Crippen LogP contribution in [0.4, 0.5) is 11.6 Å². The van der Waals surface area contributed by atoms with Gasteiger partial charge in [-0.1, -0.05) is 30.3 Å². The van der Waals surface area contributed by atoms with Crippen LogP contribution in [0.25, 0.3) is 11.4 Å². The predicted molar refractivity (Wildman–Crippen MR) is 142 cm³/mol. The Hall–Kier alpha value is -4.55. The van der Waals surface area contributed by atoms with Crippen molar-refractivity contribution in [3.05, 3.63) is 89.5 Å². The van der Waals surface area contributed by atoms with Gasteiger partial charge in [-0.05, 0) is 55.3 Å². The maximum Gasteiger partial charge on any atom is 0.169 e. The third-order valence-corrected chi connectivity index (χ3v) is 6.15. The minimum atomic E-state index is 0.210. The van der Waals surface area contributed by atoms with Crippen LogP contribution in [0.5, 0.6) is 5.75 Å². The number of aromatic nitrogens is 4. The summed E-state index contributed by atoms with van der Waals surface area (Å²) in [6, 6.07) is 17.6. The Morgan fingerprint density at radius 2 is 1.78 bits per heavy atom. The number of nitrogens with two attached hydrogens (primary N) is 1. The molecule has 0 bridgehead atoms. The zero-order valence-corrected chi connectivity index (χ0v) is 20.4. The van der Waals surface area contributed by atoms with Crippen LogP contribution >= 0.6 is 0 Å². The number of nitrogens with one attached hydrogen (secondary N) is 2. The van der Waals surface area contributed by atoms with Crippen molar-refractivity contribution >= 4 is 11.6 Å². The Bertz CT molecular complexity index is 1390. The summed E-state index contributed by atoms with van der Waals surface area (Å²) in [6.45, 7) is 2.46. The first-order valence-corrected chi connectivity index (χ1v) is 12.3. The number of ether oxygens (including phenoxy) is 1. The average molecular weight is 493 g/mol. The van der Waals surface area contributed by atoms with Crippen molar-refractivity contribution in [1.29, 1.82) is 5.26 Å². The van der Waals surface area contributed by atoms with Crippen LogP contribution in [0.1, 0.15) is 35.2 Å². The first-order valence-electron chi connectivity index (χ1n) is 12.3. The number of nitrogen functional groups attached to an aromatic ring is 1. The first-order chi connectivity index (χ1) is 18.2. The number of hydrogen-bond acceptors (Lipinski definition) is 9. The van der Waals surface area contributed by atoms with Crippen molar-refractivity contribution in [2.75, 3.05) is 24.1 Å². The lowest BCUT2D eigenvalue weighted by atomic mass is 10.1. The van der Waals surface area contributed by atoms with Gasteiger partial charge in [-0.2, -0.15) is 5.26 Å². The molecule has 4 aromatic rings. The fourth-order valence-electron chi connectivity index (χ4n) is 4.25. The number of rotatable bonds is 8. The summed E-state index contributed by atoms with van der Waals surface area (Å²) in [4.78, 5) is 18.0. The van der Waals surface area contributed by atoms with Crippen molar-refractivity contribution in [3.8, 4) is 23.2 Å². The summed E-state index contributed by atoms with van der Waals surface area (Å²) < 4.78 is 6.01. The molecule has 1 aliphatic heterocycles. The van der Waals surface area contributed by atoms with Crippen molar-refractivity contribution in [2.45, 2.75) is 31.9 Å². The van der Waals surface area contributed by atoms with E-state index in [1.54, 1.807) is 24.7 Å². The molecule has 0 spiro atoms. The number of benzene rings is 2. The molecule has 1 aliphatic rings. The van der Waals surface area contributed by atoms with Gasteiger partial charge in [0, 0.05) is 18.5 Å². The molecule has 4 N–H and O–H groups in total. The molecule has 1 saturated heterocycles. The zero-order valence-electron chi connectivity index (χ0n) is 20.4. The van der Waals surface area contributed by atoms with E-state index < -0.39 is 0 Å². The van der Waals surface area contributed by atoms with Crippen LogP contribution in [0.2, 0.25) is 0 Å². The first kappa shape index (κ1) is 24.2. The molecule has 3 heterocycles. The molecule has 9 nitrogen and oxygen atoms in total. The van der Waals surface area contributed by atoms with Gasteiger partial charge in [0.25, 0.3) is 0 Å². The van der Waals surface area contributed by atoms with Crippen molar-refractivity contribution in [2.24, 2.45) is 0 Å². The van der Waals surface area contributed by atoms with E-state index in [1.807, 2.05) is 42.5 Å². The molecule has 0 amide bonds. The quantitative estimate of drug-likeness (QED) is 0.336. The van der Waals surface area contributed by atoms with Gasteiger partial charge in [0.05, 0.1) is 35.9 Å². The van der Waals surface area contributed by atoms with Gasteiger partial charge in [0.2, 0.25) is 0 Å². The highest BCUT2D eigenvalue weighted by molar-refractivity contribution is 5.58. The highest BCUT2D eigenvalue weighted by Gasteiger charge is 2.15. The van der Waals surface area contributed by atoms with Gasteiger partial charge in [-0.15, -0.1) is 0 Å². The summed E-state index contributed by atoms with van der Waals surface area (Å²) >= 11 is 0. The number of hydrogen-bond donors (Lipinski definition) is 3. The molecular weight excluding hydrogens is 464 g/mol. The van der Waals surface area contributed by atoms with Crippen LogP contribution < -0.4 is 21.1 Å². The summed E-state index contributed by atoms with van der Waals surface area (Å²) in [7, 11) is 0. The summed E-state index contributed by atoms with van der Waals surface area (Å²) in [5.41, 5.74) is 10.4. The zero-order chi connectivity index (χ0) is 25.5. The number of piperidine rings is 1. The van der Waals surface area contributed by atoms with Gasteiger partial charge in [0.15, 0.2) is 23.2 Å². The predicted octanol–water partition coefficient (Wildman–Crippen LogP) is 3.72. The van der Waals surface area contributed by atoms with Crippen LogP contribution in [-0.4, -0.2) is 39.1 Å². The van der Waals surface area contributed by atoms with E-state index >= 15 is 0 Å². The van der Waals surface area contributed by atoms with E-state index in [0.29, 0.717) is 41.7 Å². The lowest BCUT2D eigenvalue weighted by molar-refractivity contribution is 0.161. The summed E-state index contributed by atoms with van der Waals surface area (Å²) in [5, 5.41) is 15.8. The fourth-order valence-corrected chi connectivity index (χ4v) is 4.25. The minimum absolute atomic E-state index is 0.210. The molecule has 0 atom stereocenters. The van der Waals surface area contributed by atoms with Gasteiger partial charge in [-0.3, -0.25) is 0 Å². The second-order valence-electron chi connectivity index (χ2n) is 8.95. The molecule has 0 unspecified atom stereocenters. The highest BCUT2D eigenvalue weighted by atomic mass is 16.5. The van der Waals surface area contributed by atoms with Gasteiger partial charge < -0.3 is 21.1 Å². The van der Waals surface area contributed by atoms with Crippen LogP contribution in [0.3, 0.4) is 0 Å². The van der Waals surface area contributed by atoms with E-state index in [2.05, 4.69) is 36.6 Å².